The van der Waals surface area contributed by atoms with E-state index in [1.807, 2.05) is 0 Å². The molecular formula is C20H23N. The Morgan fingerprint density at radius 3 is 2.14 bits per heavy atom. The highest BCUT2D eigenvalue weighted by molar-refractivity contribution is 5.33. The van der Waals surface area contributed by atoms with Crippen LogP contribution in [0.15, 0.2) is 72.3 Å². The van der Waals surface area contributed by atoms with Crippen molar-refractivity contribution in [3.8, 4) is 0 Å². The van der Waals surface area contributed by atoms with Crippen LogP contribution in [0.2, 0.25) is 0 Å². The number of benzene rings is 2. The lowest BCUT2D eigenvalue weighted by Crippen LogP contribution is -2.46. The third-order valence-corrected chi connectivity index (χ3v) is 4.46. The summed E-state index contributed by atoms with van der Waals surface area (Å²) < 4.78 is 0. The highest BCUT2D eigenvalue weighted by Gasteiger charge is 2.31. The maximum absolute atomic E-state index is 6.81. The van der Waals surface area contributed by atoms with Gasteiger partial charge in [0, 0.05) is 5.54 Å². The minimum absolute atomic E-state index is 0.185. The predicted molar refractivity (Wildman–Crippen MR) is 89.1 cm³/mol. The second-order valence-electron chi connectivity index (χ2n) is 6.10. The highest BCUT2D eigenvalue weighted by atomic mass is 14.7. The number of hydrogen-bond acceptors (Lipinski definition) is 1. The number of nitrogens with two attached hydrogens (primary N) is 1. The molecule has 108 valence electrons. The molecule has 0 aromatic heterocycles. The molecule has 0 amide bonds. The normalized spacial score (nSPS) is 21.9. The molecular weight excluding hydrogens is 254 g/mol. The van der Waals surface area contributed by atoms with Crippen LogP contribution >= 0.6 is 0 Å². The second kappa shape index (κ2) is 6.28. The predicted octanol–water partition coefficient (Wildman–Crippen LogP) is 4.28. The Hall–Kier alpha value is -1.86. The van der Waals surface area contributed by atoms with Gasteiger partial charge in [-0.2, -0.15) is 0 Å². The Kier molecular flexibility index (Phi) is 4.21. The van der Waals surface area contributed by atoms with Gasteiger partial charge in [-0.1, -0.05) is 66.7 Å². The minimum atomic E-state index is -0.185. The molecule has 0 saturated carbocycles. The Morgan fingerprint density at radius 1 is 0.857 bits per heavy atom. The van der Waals surface area contributed by atoms with Crippen molar-refractivity contribution in [1.82, 2.24) is 0 Å². The van der Waals surface area contributed by atoms with Crippen molar-refractivity contribution in [3.63, 3.8) is 0 Å². The van der Waals surface area contributed by atoms with Crippen molar-refractivity contribution < 1.29 is 0 Å². The molecule has 1 aliphatic rings. The lowest BCUT2D eigenvalue weighted by molar-refractivity contribution is 0.415. The molecule has 1 atom stereocenters. The van der Waals surface area contributed by atoms with Crippen molar-refractivity contribution in [2.24, 2.45) is 5.73 Å². The molecule has 2 aromatic carbocycles. The maximum atomic E-state index is 6.81. The van der Waals surface area contributed by atoms with E-state index in [0.717, 1.165) is 25.7 Å². The second-order valence-corrected chi connectivity index (χ2v) is 6.10. The van der Waals surface area contributed by atoms with Crippen LogP contribution in [0.1, 0.15) is 30.4 Å². The van der Waals surface area contributed by atoms with E-state index < -0.39 is 0 Å². The lowest BCUT2D eigenvalue weighted by atomic mass is 9.74. The molecule has 0 fully saturated rings. The van der Waals surface area contributed by atoms with Crippen LogP contribution in [0, 0.1) is 0 Å². The molecule has 21 heavy (non-hydrogen) atoms. The molecule has 0 heterocycles. The van der Waals surface area contributed by atoms with E-state index in [9.17, 15) is 0 Å². The third-order valence-electron chi connectivity index (χ3n) is 4.46. The van der Waals surface area contributed by atoms with Gasteiger partial charge in [0.2, 0.25) is 0 Å². The molecule has 1 nitrogen and oxygen atoms in total. The molecule has 1 aliphatic carbocycles. The quantitative estimate of drug-likeness (QED) is 0.829. The van der Waals surface area contributed by atoms with Gasteiger partial charge >= 0.3 is 0 Å². The zero-order valence-corrected chi connectivity index (χ0v) is 12.5. The first kappa shape index (κ1) is 14.1. The van der Waals surface area contributed by atoms with Gasteiger partial charge < -0.3 is 5.73 Å². The summed E-state index contributed by atoms with van der Waals surface area (Å²) in [5.41, 5.74) is 10.7. The van der Waals surface area contributed by atoms with Crippen LogP contribution < -0.4 is 5.73 Å². The average Bonchev–Trinajstić information content (AvgIpc) is 2.52. The molecule has 2 aromatic rings. The summed E-state index contributed by atoms with van der Waals surface area (Å²) in [6, 6.07) is 21.3. The molecule has 2 N–H and O–H groups in total. The number of hydrogen-bond donors (Lipinski definition) is 1. The Bertz CT molecular complexity index is 600. The molecule has 1 heteroatoms. The zero-order chi connectivity index (χ0) is 14.5. The van der Waals surface area contributed by atoms with Crippen molar-refractivity contribution in [1.29, 1.82) is 0 Å². The van der Waals surface area contributed by atoms with Gasteiger partial charge in [0.15, 0.2) is 0 Å². The lowest BCUT2D eigenvalue weighted by Gasteiger charge is -2.36. The average molecular weight is 277 g/mol. The summed E-state index contributed by atoms with van der Waals surface area (Å²) in [6.07, 6.45) is 7.73. The summed E-state index contributed by atoms with van der Waals surface area (Å²) in [5, 5.41) is 0. The smallest absolute Gasteiger partial charge is 0.0413 e. The molecule has 3 rings (SSSR count). The number of allylic oxidation sites excluding steroid dienone is 1. The van der Waals surface area contributed by atoms with Crippen LogP contribution in [0.4, 0.5) is 0 Å². The van der Waals surface area contributed by atoms with Crippen molar-refractivity contribution in [3.05, 3.63) is 83.4 Å². The standard InChI is InChI=1S/C20H23N/c21-20(16-18-11-5-2-6-12-18)14-8-7-13-19(20)15-17-9-3-1-4-10-17/h1-6,9-13H,7-8,14-16,21H2. The van der Waals surface area contributed by atoms with Gasteiger partial charge in [0.25, 0.3) is 0 Å². The first-order chi connectivity index (χ1) is 10.3. The fraction of sp³-hybridized carbons (Fsp3) is 0.300. The highest BCUT2D eigenvalue weighted by Crippen LogP contribution is 2.32. The summed E-state index contributed by atoms with van der Waals surface area (Å²) in [7, 11) is 0. The van der Waals surface area contributed by atoms with Crippen LogP contribution in [0.3, 0.4) is 0 Å². The van der Waals surface area contributed by atoms with Crippen molar-refractivity contribution >= 4 is 0 Å². The molecule has 0 spiro atoms. The van der Waals surface area contributed by atoms with E-state index in [1.54, 1.807) is 0 Å². The van der Waals surface area contributed by atoms with Crippen LogP contribution in [0.5, 0.6) is 0 Å². The van der Waals surface area contributed by atoms with Crippen molar-refractivity contribution in [2.45, 2.75) is 37.6 Å². The van der Waals surface area contributed by atoms with Crippen molar-refractivity contribution in [2.75, 3.05) is 0 Å². The maximum Gasteiger partial charge on any atom is 0.0413 e. The Labute approximate surface area is 127 Å². The SMILES string of the molecule is NC1(Cc2ccccc2)CCCC=C1Cc1ccccc1. The summed E-state index contributed by atoms with van der Waals surface area (Å²) in [4.78, 5) is 0. The fourth-order valence-electron chi connectivity index (χ4n) is 3.28. The fourth-order valence-corrected chi connectivity index (χ4v) is 3.28. The van der Waals surface area contributed by atoms with Gasteiger partial charge in [-0.05, 0) is 48.8 Å². The third kappa shape index (κ3) is 3.43. The number of rotatable bonds is 4. The zero-order valence-electron chi connectivity index (χ0n) is 12.5. The first-order valence-electron chi connectivity index (χ1n) is 7.82. The van der Waals surface area contributed by atoms with Crippen LogP contribution in [-0.4, -0.2) is 5.54 Å². The summed E-state index contributed by atoms with van der Waals surface area (Å²) in [5.74, 6) is 0. The molecule has 0 aliphatic heterocycles. The van der Waals surface area contributed by atoms with E-state index >= 15 is 0 Å². The van der Waals surface area contributed by atoms with Gasteiger partial charge in [0.05, 0.1) is 0 Å². The van der Waals surface area contributed by atoms with Crippen LogP contribution in [0.25, 0.3) is 0 Å². The van der Waals surface area contributed by atoms with E-state index in [1.165, 1.54) is 23.1 Å². The van der Waals surface area contributed by atoms with Crippen LogP contribution in [-0.2, 0) is 12.8 Å². The monoisotopic (exact) mass is 277 g/mol. The van der Waals surface area contributed by atoms with Gasteiger partial charge in [-0.15, -0.1) is 0 Å². The topological polar surface area (TPSA) is 26.0 Å². The van der Waals surface area contributed by atoms with E-state index in [2.05, 4.69) is 66.7 Å². The van der Waals surface area contributed by atoms with E-state index in [4.69, 9.17) is 5.73 Å². The summed E-state index contributed by atoms with van der Waals surface area (Å²) in [6.45, 7) is 0. The Morgan fingerprint density at radius 2 is 1.48 bits per heavy atom. The Balaban J connectivity index is 1.82. The van der Waals surface area contributed by atoms with Gasteiger partial charge in [-0.3, -0.25) is 0 Å². The summed E-state index contributed by atoms with van der Waals surface area (Å²) >= 11 is 0. The van der Waals surface area contributed by atoms with Gasteiger partial charge in [-0.25, -0.2) is 0 Å². The molecule has 0 bridgehead atoms. The van der Waals surface area contributed by atoms with E-state index in [-0.39, 0.29) is 5.54 Å². The van der Waals surface area contributed by atoms with Gasteiger partial charge in [0.1, 0.15) is 0 Å². The minimum Gasteiger partial charge on any atom is -0.321 e. The largest absolute Gasteiger partial charge is 0.321 e. The molecule has 0 radical (unpaired) electrons. The van der Waals surface area contributed by atoms with E-state index in [0.29, 0.717) is 0 Å². The first-order valence-corrected chi connectivity index (χ1v) is 7.82. The molecule has 1 unspecified atom stereocenters. The molecule has 0 saturated heterocycles.